The number of rotatable bonds is 4. The van der Waals surface area contributed by atoms with Crippen LogP contribution in [0.3, 0.4) is 0 Å². The summed E-state index contributed by atoms with van der Waals surface area (Å²) in [5.41, 5.74) is 6.89. The fourth-order valence-electron chi connectivity index (χ4n) is 4.58. The molecule has 1 radical (unpaired) electrons. The predicted octanol–water partition coefficient (Wildman–Crippen LogP) is 4.96. The van der Waals surface area contributed by atoms with Crippen molar-refractivity contribution in [1.82, 2.24) is 0 Å². The molecule has 0 saturated heterocycles. The van der Waals surface area contributed by atoms with Crippen LogP contribution in [-0.4, -0.2) is 12.7 Å². The minimum atomic E-state index is -0.441. The lowest BCUT2D eigenvalue weighted by molar-refractivity contribution is 0.453. The van der Waals surface area contributed by atoms with Crippen LogP contribution in [-0.2, 0) is 5.41 Å². The molecule has 4 aromatic rings. The van der Waals surface area contributed by atoms with Crippen LogP contribution in [0.15, 0.2) is 103 Å². The quantitative estimate of drug-likeness (QED) is 0.459. The van der Waals surface area contributed by atoms with Crippen molar-refractivity contribution in [1.29, 1.82) is 0 Å². The lowest BCUT2D eigenvalue weighted by Gasteiger charge is -2.34. The Hall–Kier alpha value is -3.30. The van der Waals surface area contributed by atoms with Gasteiger partial charge in [0.05, 0.1) is 5.41 Å². The number of hydrogen-bond donors (Lipinski definition) is 1. The summed E-state index contributed by atoms with van der Waals surface area (Å²) in [4.78, 5) is 0. The maximum atomic E-state index is 9.13. The molecule has 0 amide bonds. The fraction of sp³-hybridized carbons (Fsp3) is 0.0400. The van der Waals surface area contributed by atoms with Gasteiger partial charge in [-0.3, -0.25) is 0 Å². The molecule has 28 heavy (non-hydrogen) atoms. The van der Waals surface area contributed by atoms with E-state index in [1.54, 1.807) is 0 Å². The maximum Gasteiger partial charge on any atom is 0.569 e. The van der Waals surface area contributed by atoms with Gasteiger partial charge in [0, 0.05) is 0 Å². The van der Waals surface area contributed by atoms with Crippen LogP contribution in [0.1, 0.15) is 22.3 Å². The van der Waals surface area contributed by atoms with E-state index in [-0.39, 0.29) is 0 Å². The van der Waals surface area contributed by atoms with E-state index in [0.29, 0.717) is 5.75 Å². The molecular weight excluding hydrogens is 343 g/mol. The second-order valence-corrected chi connectivity index (χ2v) is 6.96. The molecule has 0 bridgehead atoms. The summed E-state index contributed by atoms with van der Waals surface area (Å²) in [5, 5.41) is 9.13. The van der Waals surface area contributed by atoms with Gasteiger partial charge >= 0.3 is 7.69 Å². The standard InChI is InChI=1S/C25H18BO2/c27-26-28-20-12-8-11-19(17-20)25(18-9-2-1-3-10-18)23-15-6-4-13-21(23)22-14-5-7-16-24(22)25/h1-17,27H. The summed E-state index contributed by atoms with van der Waals surface area (Å²) < 4.78 is 5.29. The van der Waals surface area contributed by atoms with Crippen molar-refractivity contribution in [2.75, 3.05) is 0 Å². The van der Waals surface area contributed by atoms with E-state index in [1.165, 1.54) is 27.8 Å². The monoisotopic (exact) mass is 361 g/mol. The maximum absolute atomic E-state index is 9.13. The predicted molar refractivity (Wildman–Crippen MR) is 112 cm³/mol. The van der Waals surface area contributed by atoms with E-state index in [0.717, 1.165) is 13.2 Å². The highest BCUT2D eigenvalue weighted by atomic mass is 16.5. The third kappa shape index (κ3) is 2.33. The van der Waals surface area contributed by atoms with Gasteiger partial charge in [-0.25, -0.2) is 0 Å². The third-order valence-electron chi connectivity index (χ3n) is 5.61. The first-order chi connectivity index (χ1) is 13.9. The first-order valence-electron chi connectivity index (χ1n) is 9.33. The SMILES string of the molecule is O[B]Oc1cccc(C2(c3ccccc3)c3ccccc3-c3ccccc32)c1. The van der Waals surface area contributed by atoms with Crippen molar-refractivity contribution in [3.63, 3.8) is 0 Å². The third-order valence-corrected chi connectivity index (χ3v) is 5.61. The molecule has 133 valence electrons. The molecular formula is C25H18BO2. The molecule has 1 aliphatic rings. The number of benzene rings is 4. The summed E-state index contributed by atoms with van der Waals surface area (Å²) in [5.74, 6) is 0.608. The van der Waals surface area contributed by atoms with Crippen LogP contribution in [0.2, 0.25) is 0 Å². The van der Waals surface area contributed by atoms with Gasteiger partial charge in [0.1, 0.15) is 5.75 Å². The fourth-order valence-corrected chi connectivity index (χ4v) is 4.58. The summed E-state index contributed by atoms with van der Waals surface area (Å²) in [6.07, 6.45) is 0. The van der Waals surface area contributed by atoms with Gasteiger partial charge < -0.3 is 9.68 Å². The first kappa shape index (κ1) is 16.8. The molecule has 5 rings (SSSR count). The Morgan fingerprint density at radius 3 is 1.82 bits per heavy atom. The Bertz CT molecular complexity index is 1090. The van der Waals surface area contributed by atoms with Crippen LogP contribution in [0.25, 0.3) is 11.1 Å². The molecule has 0 fully saturated rings. The highest BCUT2D eigenvalue weighted by molar-refractivity contribution is 6.17. The van der Waals surface area contributed by atoms with Crippen LogP contribution in [0, 0.1) is 0 Å². The highest BCUT2D eigenvalue weighted by Crippen LogP contribution is 2.56. The molecule has 1 N–H and O–H groups in total. The average molecular weight is 361 g/mol. The Balaban J connectivity index is 1.91. The Labute approximate surface area is 165 Å². The Morgan fingerprint density at radius 2 is 1.18 bits per heavy atom. The van der Waals surface area contributed by atoms with Crippen LogP contribution >= 0.6 is 0 Å². The lowest BCUT2D eigenvalue weighted by Crippen LogP contribution is -2.28. The molecule has 2 nitrogen and oxygen atoms in total. The van der Waals surface area contributed by atoms with Gasteiger partial charge in [0.15, 0.2) is 0 Å². The number of fused-ring (bicyclic) bond motifs is 3. The van der Waals surface area contributed by atoms with E-state index in [9.17, 15) is 0 Å². The average Bonchev–Trinajstić information content (AvgIpc) is 3.06. The van der Waals surface area contributed by atoms with Crippen molar-refractivity contribution < 1.29 is 9.68 Å². The van der Waals surface area contributed by atoms with Crippen molar-refractivity contribution in [3.05, 3.63) is 125 Å². The van der Waals surface area contributed by atoms with Crippen molar-refractivity contribution in [2.45, 2.75) is 5.41 Å². The van der Waals surface area contributed by atoms with E-state index in [2.05, 4.69) is 78.9 Å². The van der Waals surface area contributed by atoms with Crippen LogP contribution in [0.4, 0.5) is 0 Å². The zero-order chi connectivity index (χ0) is 19.0. The van der Waals surface area contributed by atoms with Gasteiger partial charge in [0.25, 0.3) is 0 Å². The van der Waals surface area contributed by atoms with Gasteiger partial charge in [-0.15, -0.1) is 0 Å². The lowest BCUT2D eigenvalue weighted by atomic mass is 9.67. The molecule has 0 atom stereocenters. The summed E-state index contributed by atoms with van der Waals surface area (Å²) in [7, 11) is 0.727. The normalized spacial score (nSPS) is 13.5. The molecule has 0 heterocycles. The van der Waals surface area contributed by atoms with Crippen LogP contribution < -0.4 is 4.65 Å². The molecule has 0 saturated carbocycles. The second kappa shape index (κ2) is 6.70. The van der Waals surface area contributed by atoms with E-state index in [4.69, 9.17) is 9.68 Å². The summed E-state index contributed by atoms with van der Waals surface area (Å²) >= 11 is 0. The summed E-state index contributed by atoms with van der Waals surface area (Å²) in [6, 6.07) is 35.8. The second-order valence-electron chi connectivity index (χ2n) is 6.96. The zero-order valence-corrected chi connectivity index (χ0v) is 15.2. The van der Waals surface area contributed by atoms with Gasteiger partial charge in [-0.2, -0.15) is 0 Å². The minimum absolute atomic E-state index is 0.441. The molecule has 0 aromatic heterocycles. The summed E-state index contributed by atoms with van der Waals surface area (Å²) in [6.45, 7) is 0. The zero-order valence-electron chi connectivity index (χ0n) is 15.2. The van der Waals surface area contributed by atoms with Crippen molar-refractivity contribution >= 4 is 7.69 Å². The largest absolute Gasteiger partial charge is 0.569 e. The highest BCUT2D eigenvalue weighted by Gasteiger charge is 2.45. The van der Waals surface area contributed by atoms with Gasteiger partial charge in [0.2, 0.25) is 0 Å². The van der Waals surface area contributed by atoms with Crippen LogP contribution in [0.5, 0.6) is 5.75 Å². The molecule has 0 aliphatic heterocycles. The van der Waals surface area contributed by atoms with E-state index < -0.39 is 5.41 Å². The van der Waals surface area contributed by atoms with Crippen molar-refractivity contribution in [2.24, 2.45) is 0 Å². The Morgan fingerprint density at radius 1 is 0.607 bits per heavy atom. The molecule has 4 aromatic carbocycles. The number of hydrogen-bond acceptors (Lipinski definition) is 2. The Kier molecular flexibility index (Phi) is 4.03. The van der Waals surface area contributed by atoms with Gasteiger partial charge in [-0.1, -0.05) is 91.0 Å². The first-order valence-corrected chi connectivity index (χ1v) is 9.33. The molecule has 0 unspecified atom stereocenters. The van der Waals surface area contributed by atoms with E-state index in [1.807, 2.05) is 24.3 Å². The molecule has 3 heteroatoms. The smallest absolute Gasteiger partial charge is 0.537 e. The molecule has 0 spiro atoms. The van der Waals surface area contributed by atoms with E-state index >= 15 is 0 Å². The molecule has 1 aliphatic carbocycles. The topological polar surface area (TPSA) is 29.5 Å². The van der Waals surface area contributed by atoms with Gasteiger partial charge in [-0.05, 0) is 45.5 Å². The minimum Gasteiger partial charge on any atom is -0.537 e. The van der Waals surface area contributed by atoms with Crippen molar-refractivity contribution in [3.8, 4) is 16.9 Å².